The third kappa shape index (κ3) is 6.44. The molecular weight excluding hydrogens is 412 g/mol. The van der Waals surface area contributed by atoms with Gasteiger partial charge in [0.05, 0.1) is 23.4 Å². The summed E-state index contributed by atoms with van der Waals surface area (Å²) in [5.74, 6) is 0.263. The number of alkyl carbamates (subject to hydrolysis) is 1. The zero-order chi connectivity index (χ0) is 23.5. The molecule has 9 nitrogen and oxygen atoms in total. The molecule has 0 fully saturated rings. The summed E-state index contributed by atoms with van der Waals surface area (Å²) in [6, 6.07) is 8.87. The average molecular weight is 441 g/mol. The van der Waals surface area contributed by atoms with Crippen LogP contribution >= 0.6 is 0 Å². The van der Waals surface area contributed by atoms with Gasteiger partial charge in [-0.3, -0.25) is 4.98 Å². The molecule has 0 spiro atoms. The summed E-state index contributed by atoms with van der Waals surface area (Å²) in [6.45, 7) is 10.7. The molecule has 3 aromatic rings. The van der Waals surface area contributed by atoms with Gasteiger partial charge in [-0.15, -0.1) is 0 Å². The fourth-order valence-corrected chi connectivity index (χ4v) is 2.81. The molecule has 0 aliphatic heterocycles. The molecule has 0 saturated heterocycles. The van der Waals surface area contributed by atoms with Gasteiger partial charge in [0.15, 0.2) is 0 Å². The number of rotatable bonds is 4. The number of pyridine rings is 1. The lowest BCUT2D eigenvalue weighted by molar-refractivity contribution is 0.0208. The number of nitrogens with one attached hydrogen (secondary N) is 1. The second-order valence-corrected chi connectivity index (χ2v) is 9.19. The maximum Gasteiger partial charge on any atom is 0.514 e. The number of hydrogen-bond donors (Lipinski definition) is 1. The van der Waals surface area contributed by atoms with Crippen LogP contribution in [0.5, 0.6) is 5.75 Å². The van der Waals surface area contributed by atoms with Crippen molar-refractivity contribution in [2.24, 2.45) is 0 Å². The molecular formula is C23H28N4O5. The van der Waals surface area contributed by atoms with Crippen LogP contribution in [0, 0.1) is 0 Å². The van der Waals surface area contributed by atoms with Gasteiger partial charge in [-0.1, -0.05) is 0 Å². The summed E-state index contributed by atoms with van der Waals surface area (Å²) in [5, 5.41) is 7.50. The highest BCUT2D eigenvalue weighted by Crippen LogP contribution is 2.29. The molecule has 170 valence electrons. The Hall–Kier alpha value is -3.62. The standard InChI is InChI=1S/C23H28N4O5/c1-22(2,3)31-20(28)24-14-15-12-19(30-21(29)32-23(4,5)6)17-13-16(8-9-18(17)26-15)27-11-7-10-25-27/h7-13H,14H2,1-6H3,(H,24,28). The van der Waals surface area contributed by atoms with Gasteiger partial charge in [0.25, 0.3) is 0 Å². The number of benzene rings is 1. The van der Waals surface area contributed by atoms with Crippen molar-refractivity contribution in [3.05, 3.63) is 48.4 Å². The normalized spacial score (nSPS) is 11.8. The van der Waals surface area contributed by atoms with Gasteiger partial charge < -0.3 is 19.5 Å². The van der Waals surface area contributed by atoms with Gasteiger partial charge in [0.1, 0.15) is 17.0 Å². The molecule has 32 heavy (non-hydrogen) atoms. The van der Waals surface area contributed by atoms with Crippen LogP contribution in [0.4, 0.5) is 9.59 Å². The molecule has 1 aromatic carbocycles. The minimum Gasteiger partial charge on any atom is -0.444 e. The quantitative estimate of drug-likeness (QED) is 0.583. The van der Waals surface area contributed by atoms with Gasteiger partial charge in [0, 0.05) is 23.8 Å². The van der Waals surface area contributed by atoms with Crippen LogP contribution in [0.25, 0.3) is 16.6 Å². The van der Waals surface area contributed by atoms with E-state index in [1.165, 1.54) is 0 Å². The van der Waals surface area contributed by atoms with Crippen molar-refractivity contribution < 1.29 is 23.8 Å². The molecule has 0 radical (unpaired) electrons. The molecule has 0 aliphatic carbocycles. The fraction of sp³-hybridized carbons (Fsp3) is 0.391. The Morgan fingerprint density at radius 1 is 1.03 bits per heavy atom. The van der Waals surface area contributed by atoms with Crippen LogP contribution < -0.4 is 10.1 Å². The van der Waals surface area contributed by atoms with Crippen molar-refractivity contribution in [3.8, 4) is 11.4 Å². The Balaban J connectivity index is 1.93. The molecule has 0 unspecified atom stereocenters. The van der Waals surface area contributed by atoms with E-state index in [0.29, 0.717) is 16.6 Å². The molecule has 2 aromatic heterocycles. The Kier molecular flexibility index (Phi) is 6.38. The highest BCUT2D eigenvalue weighted by atomic mass is 16.7. The zero-order valence-corrected chi connectivity index (χ0v) is 19.1. The van der Waals surface area contributed by atoms with Crippen molar-refractivity contribution in [1.29, 1.82) is 0 Å². The first-order valence-corrected chi connectivity index (χ1v) is 10.2. The van der Waals surface area contributed by atoms with Crippen LogP contribution in [-0.2, 0) is 16.0 Å². The Morgan fingerprint density at radius 3 is 2.38 bits per heavy atom. The van der Waals surface area contributed by atoms with Crippen LogP contribution in [-0.4, -0.2) is 38.2 Å². The summed E-state index contributed by atoms with van der Waals surface area (Å²) < 4.78 is 17.8. The Labute approximate surface area is 186 Å². The van der Waals surface area contributed by atoms with Gasteiger partial charge in [-0.2, -0.15) is 5.10 Å². The van der Waals surface area contributed by atoms with E-state index in [2.05, 4.69) is 15.4 Å². The van der Waals surface area contributed by atoms with E-state index in [1.54, 1.807) is 64.6 Å². The summed E-state index contributed by atoms with van der Waals surface area (Å²) in [4.78, 5) is 28.9. The van der Waals surface area contributed by atoms with Crippen LogP contribution in [0.15, 0.2) is 42.7 Å². The molecule has 0 bridgehead atoms. The zero-order valence-electron chi connectivity index (χ0n) is 19.1. The number of hydrogen-bond acceptors (Lipinski definition) is 7. The van der Waals surface area contributed by atoms with E-state index in [4.69, 9.17) is 14.2 Å². The van der Waals surface area contributed by atoms with E-state index in [9.17, 15) is 9.59 Å². The third-order valence-corrected chi connectivity index (χ3v) is 3.97. The van der Waals surface area contributed by atoms with Crippen molar-refractivity contribution in [2.45, 2.75) is 59.3 Å². The number of fused-ring (bicyclic) bond motifs is 1. The molecule has 9 heteroatoms. The number of carbonyl (C=O) groups is 2. The average Bonchev–Trinajstić information content (AvgIpc) is 3.18. The predicted octanol–water partition coefficient (Wildman–Crippen LogP) is 4.76. The number of aromatic nitrogens is 3. The first-order valence-electron chi connectivity index (χ1n) is 10.2. The lowest BCUT2D eigenvalue weighted by Gasteiger charge is -2.20. The van der Waals surface area contributed by atoms with Gasteiger partial charge in [-0.05, 0) is 65.8 Å². The summed E-state index contributed by atoms with van der Waals surface area (Å²) in [6.07, 6.45) is 2.08. The number of nitrogens with zero attached hydrogens (tertiary/aromatic N) is 3. The lowest BCUT2D eigenvalue weighted by atomic mass is 10.1. The highest BCUT2D eigenvalue weighted by Gasteiger charge is 2.21. The molecule has 0 atom stereocenters. The molecule has 1 amide bonds. The highest BCUT2D eigenvalue weighted by molar-refractivity contribution is 5.89. The van der Waals surface area contributed by atoms with E-state index < -0.39 is 23.5 Å². The van der Waals surface area contributed by atoms with Crippen molar-refractivity contribution in [3.63, 3.8) is 0 Å². The second-order valence-electron chi connectivity index (χ2n) is 9.19. The Morgan fingerprint density at radius 2 is 1.75 bits per heavy atom. The van der Waals surface area contributed by atoms with E-state index in [1.807, 2.05) is 24.4 Å². The van der Waals surface area contributed by atoms with Crippen LogP contribution in [0.3, 0.4) is 0 Å². The maximum absolute atomic E-state index is 12.3. The smallest absolute Gasteiger partial charge is 0.444 e. The monoisotopic (exact) mass is 440 g/mol. The number of amides is 1. The molecule has 0 aliphatic rings. The molecule has 3 rings (SSSR count). The van der Waals surface area contributed by atoms with Crippen LogP contribution in [0.2, 0.25) is 0 Å². The molecule has 0 saturated carbocycles. The molecule has 1 N–H and O–H groups in total. The summed E-state index contributed by atoms with van der Waals surface area (Å²) in [5.41, 5.74) is 0.533. The largest absolute Gasteiger partial charge is 0.514 e. The first-order chi connectivity index (χ1) is 14.9. The van der Waals surface area contributed by atoms with Gasteiger partial charge in [-0.25, -0.2) is 14.3 Å². The Bertz CT molecular complexity index is 1110. The minimum absolute atomic E-state index is 0.0937. The fourth-order valence-electron chi connectivity index (χ4n) is 2.81. The topological polar surface area (TPSA) is 105 Å². The van der Waals surface area contributed by atoms with Crippen molar-refractivity contribution in [1.82, 2.24) is 20.1 Å². The summed E-state index contributed by atoms with van der Waals surface area (Å²) in [7, 11) is 0. The molecule has 2 heterocycles. The predicted molar refractivity (Wildman–Crippen MR) is 119 cm³/mol. The van der Waals surface area contributed by atoms with Gasteiger partial charge in [0.2, 0.25) is 0 Å². The van der Waals surface area contributed by atoms with Crippen LogP contribution in [0.1, 0.15) is 47.2 Å². The van der Waals surface area contributed by atoms with Crippen molar-refractivity contribution in [2.75, 3.05) is 0 Å². The number of ether oxygens (including phenoxy) is 3. The van der Waals surface area contributed by atoms with E-state index in [-0.39, 0.29) is 12.3 Å². The SMILES string of the molecule is CC(C)(C)OC(=O)NCc1cc(OC(=O)OC(C)(C)C)c2cc(-n3cccn3)ccc2n1. The van der Waals surface area contributed by atoms with E-state index >= 15 is 0 Å². The summed E-state index contributed by atoms with van der Waals surface area (Å²) >= 11 is 0. The maximum atomic E-state index is 12.3. The first kappa shape index (κ1) is 23.1. The third-order valence-electron chi connectivity index (χ3n) is 3.97. The minimum atomic E-state index is -0.833. The lowest BCUT2D eigenvalue weighted by Crippen LogP contribution is -2.32. The van der Waals surface area contributed by atoms with Crippen molar-refractivity contribution >= 4 is 23.2 Å². The van der Waals surface area contributed by atoms with Gasteiger partial charge >= 0.3 is 12.2 Å². The van der Waals surface area contributed by atoms with E-state index in [0.717, 1.165) is 5.69 Å². The number of carbonyl (C=O) groups excluding carboxylic acids is 2. The second kappa shape index (κ2) is 8.86.